The van der Waals surface area contributed by atoms with Crippen LogP contribution in [0.1, 0.15) is 27.7 Å². The van der Waals surface area contributed by atoms with Crippen molar-refractivity contribution in [3.05, 3.63) is 0 Å². The average molecular weight is 138 g/mol. The molecule has 0 radical (unpaired) electrons. The van der Waals surface area contributed by atoms with Crippen molar-refractivity contribution in [1.29, 1.82) is 0 Å². The van der Waals surface area contributed by atoms with E-state index < -0.39 is 0 Å². The van der Waals surface area contributed by atoms with Crippen molar-refractivity contribution < 1.29 is 4.48 Å². The Morgan fingerprint density at radius 3 is 0.889 bits per heavy atom. The molecule has 0 aromatic carbocycles. The minimum absolute atomic E-state index is 1.28. The van der Waals surface area contributed by atoms with Crippen LogP contribution in [0.3, 0.4) is 0 Å². The van der Waals surface area contributed by atoms with Crippen molar-refractivity contribution in [3.8, 4) is 0 Å². The van der Waals surface area contributed by atoms with E-state index in [0.717, 1.165) is 0 Å². The molecule has 0 aromatic heterocycles. The normalized spacial score (nSPS) is 12.0. The highest BCUT2D eigenvalue weighted by Crippen LogP contribution is 2.03. The van der Waals surface area contributed by atoms with E-state index in [2.05, 4.69) is 27.7 Å². The molecule has 0 spiro atoms. The van der Waals surface area contributed by atoms with Gasteiger partial charge in [-0.05, 0) is 27.7 Å². The Bertz CT molecular complexity index is 47.5. The van der Waals surface area contributed by atoms with Gasteiger partial charge in [-0.2, -0.15) is 0 Å². The molecule has 0 saturated heterocycles. The first-order valence-electron chi connectivity index (χ1n) is 4.09. The summed E-state index contributed by atoms with van der Waals surface area (Å²) in [6.45, 7) is 14.2. The number of nitrogens with zero attached hydrogens (tertiary/aromatic N) is 1. The van der Waals surface area contributed by atoms with Crippen LogP contribution in [0.5, 0.6) is 0 Å². The number of hydrogen-bond donors (Lipinski definition) is 0. The summed E-state index contributed by atoms with van der Waals surface area (Å²) < 4.78 is 1.28. The first kappa shape index (κ1) is 8.96. The van der Waals surface area contributed by atoms with Crippen LogP contribution in [-0.2, 0) is 0 Å². The molecular formula is C8H20N+. The second-order valence-corrected chi connectivity index (χ2v) is 2.61. The highest BCUT2D eigenvalue weighted by molar-refractivity contribution is 4.31. The van der Waals surface area contributed by atoms with E-state index in [1.165, 1.54) is 30.7 Å². The Morgan fingerprint density at radius 2 is 0.889 bits per heavy atom. The maximum absolute atomic E-state index is 2.27. The van der Waals surface area contributed by atoms with Gasteiger partial charge in [-0.1, -0.05) is 0 Å². The Hall–Kier alpha value is -0.0400. The molecule has 0 N–H and O–H groups in total. The molecule has 0 bridgehead atoms. The Kier molecular flexibility index (Phi) is 3.87. The van der Waals surface area contributed by atoms with Gasteiger partial charge in [0.2, 0.25) is 0 Å². The van der Waals surface area contributed by atoms with Crippen LogP contribution in [-0.4, -0.2) is 30.7 Å². The van der Waals surface area contributed by atoms with Gasteiger partial charge >= 0.3 is 0 Å². The van der Waals surface area contributed by atoms with Gasteiger partial charge in [0.15, 0.2) is 0 Å². The highest BCUT2D eigenvalue weighted by Gasteiger charge is 2.16. The fourth-order valence-corrected chi connectivity index (χ4v) is 1.34. The van der Waals surface area contributed by atoms with Crippen molar-refractivity contribution in [3.63, 3.8) is 0 Å². The van der Waals surface area contributed by atoms with E-state index in [4.69, 9.17) is 0 Å². The molecule has 0 rings (SSSR count). The lowest BCUT2D eigenvalue weighted by molar-refractivity contribution is -0.921. The summed E-state index contributed by atoms with van der Waals surface area (Å²) in [5.41, 5.74) is 0. The van der Waals surface area contributed by atoms with Gasteiger partial charge in [-0.25, -0.2) is 0 Å². The molecule has 0 aliphatic rings. The molecule has 1 nitrogen and oxygen atoms in total. The third kappa shape index (κ3) is 1.98. The average Bonchev–Trinajstić information content (AvgIpc) is 1.95. The smallest absolute Gasteiger partial charge is 0.0757 e. The van der Waals surface area contributed by atoms with E-state index >= 15 is 0 Å². The molecule has 0 aliphatic heterocycles. The molecule has 56 valence electrons. The van der Waals surface area contributed by atoms with E-state index in [1.807, 2.05) is 0 Å². The quantitative estimate of drug-likeness (QED) is 0.520. The predicted molar refractivity (Wildman–Crippen MR) is 42.4 cm³/mol. The molecule has 0 saturated carbocycles. The van der Waals surface area contributed by atoms with Gasteiger partial charge in [-0.15, -0.1) is 0 Å². The summed E-state index contributed by atoms with van der Waals surface area (Å²) >= 11 is 0. The molecule has 0 atom stereocenters. The van der Waals surface area contributed by atoms with Gasteiger partial charge in [0.25, 0.3) is 0 Å². The molecule has 0 aromatic rings. The van der Waals surface area contributed by atoms with Crippen molar-refractivity contribution in [2.75, 3.05) is 26.2 Å². The maximum Gasteiger partial charge on any atom is 0.0757 e. The molecule has 0 unspecified atom stereocenters. The van der Waals surface area contributed by atoms with E-state index in [9.17, 15) is 0 Å². The summed E-state index contributed by atoms with van der Waals surface area (Å²) in [7, 11) is 0. The summed E-state index contributed by atoms with van der Waals surface area (Å²) in [5.74, 6) is 0. The highest BCUT2D eigenvalue weighted by atomic mass is 16.1. The monoisotopic (exact) mass is 138 g/mol. The van der Waals surface area contributed by atoms with E-state index in [0.29, 0.717) is 0 Å². The van der Waals surface area contributed by atoms with Gasteiger partial charge in [-0.3, -0.25) is 0 Å². The minimum atomic E-state index is 1.28. The number of rotatable bonds is 4. The van der Waals surface area contributed by atoms with Crippen LogP contribution in [0.15, 0.2) is 0 Å². The van der Waals surface area contributed by atoms with Crippen LogP contribution < -0.4 is 0 Å². The number of hydrogen-bond acceptors (Lipinski definition) is 0. The van der Waals surface area contributed by atoms with E-state index in [1.54, 1.807) is 0 Å². The summed E-state index contributed by atoms with van der Waals surface area (Å²) in [5, 5.41) is 0. The second kappa shape index (κ2) is 3.89. The standard InChI is InChI=1S/C8H20N/c1-5-9(6-2,7-3)8-4/h5-8H2,1-4H3/q+1/i5+2,6+2,7+2,8+2. The first-order valence-corrected chi connectivity index (χ1v) is 4.09. The zero-order chi connectivity index (χ0) is 7.33. The van der Waals surface area contributed by atoms with Gasteiger partial charge in [0, 0.05) is 0 Å². The topological polar surface area (TPSA) is 0 Å². The van der Waals surface area contributed by atoms with E-state index in [-0.39, 0.29) is 0 Å². The lowest BCUT2D eigenvalue weighted by Crippen LogP contribution is -2.47. The fraction of sp³-hybridized carbons (Fsp3) is 1.00. The van der Waals surface area contributed by atoms with Crippen LogP contribution >= 0.6 is 0 Å². The molecule has 0 amide bonds. The maximum atomic E-state index is 2.27. The third-order valence-electron chi connectivity index (χ3n) is 2.68. The van der Waals surface area contributed by atoms with Crippen LogP contribution in [0, 0.1) is 0 Å². The summed E-state index contributed by atoms with van der Waals surface area (Å²) in [6, 6.07) is 0. The van der Waals surface area contributed by atoms with Crippen molar-refractivity contribution in [2.45, 2.75) is 27.7 Å². The third-order valence-corrected chi connectivity index (χ3v) is 2.68. The lowest BCUT2D eigenvalue weighted by Gasteiger charge is -2.34. The van der Waals surface area contributed by atoms with Crippen LogP contribution in [0.4, 0.5) is 0 Å². The molecule has 0 aliphatic carbocycles. The minimum Gasteiger partial charge on any atom is -0.325 e. The SMILES string of the molecule is C[14CH2][N+]([14CH2]C)([14CH2]C)[14CH2]C. The predicted octanol–water partition coefficient (Wildman–Crippen LogP) is 1.88. The van der Waals surface area contributed by atoms with Crippen LogP contribution in [0.25, 0.3) is 0 Å². The number of quaternary nitrogens is 1. The van der Waals surface area contributed by atoms with Crippen LogP contribution in [0.2, 0.25) is 0 Å². The van der Waals surface area contributed by atoms with Crippen molar-refractivity contribution in [2.24, 2.45) is 0 Å². The second-order valence-electron chi connectivity index (χ2n) is 2.61. The Morgan fingerprint density at radius 1 is 0.667 bits per heavy atom. The largest absolute Gasteiger partial charge is 0.325 e. The molecule has 9 heavy (non-hydrogen) atoms. The Balaban J connectivity index is 3.82. The van der Waals surface area contributed by atoms with Crippen molar-refractivity contribution in [1.82, 2.24) is 0 Å². The fourth-order valence-electron chi connectivity index (χ4n) is 1.34. The molecule has 0 heterocycles. The molecule has 0 fully saturated rings. The summed E-state index contributed by atoms with van der Waals surface area (Å²) in [4.78, 5) is 0. The first-order chi connectivity index (χ1) is 4.24. The molecule has 1 heteroatoms. The summed E-state index contributed by atoms with van der Waals surface area (Å²) in [6.07, 6.45) is 0. The lowest BCUT2D eigenvalue weighted by atomic mass is 11.2. The zero-order valence-electron chi connectivity index (χ0n) is 7.28. The van der Waals surface area contributed by atoms with Gasteiger partial charge in [0.05, 0.1) is 26.2 Å². The Labute approximate surface area is 59.3 Å². The van der Waals surface area contributed by atoms with Gasteiger partial charge < -0.3 is 4.48 Å². The van der Waals surface area contributed by atoms with Crippen molar-refractivity contribution >= 4 is 0 Å². The molecular weight excluding hydrogens is 118 g/mol. The zero-order valence-corrected chi connectivity index (χ0v) is 7.28. The van der Waals surface area contributed by atoms with Gasteiger partial charge in [0.1, 0.15) is 0 Å².